The Bertz CT molecular complexity index is 760. The molecule has 132 valence electrons. The van der Waals surface area contributed by atoms with Crippen LogP contribution in [0.4, 0.5) is 4.79 Å². The van der Waals surface area contributed by atoms with Crippen molar-refractivity contribution in [1.82, 2.24) is 4.90 Å². The zero-order valence-corrected chi connectivity index (χ0v) is 14.6. The van der Waals surface area contributed by atoms with Gasteiger partial charge in [0.25, 0.3) is 11.1 Å². The second-order valence-electron chi connectivity index (χ2n) is 5.38. The minimum atomic E-state index is -0.960. The summed E-state index contributed by atoms with van der Waals surface area (Å²) < 4.78 is 15.8. The number of carbonyl (C=O) groups excluding carboxylic acids is 3. The van der Waals surface area contributed by atoms with Crippen molar-refractivity contribution in [3.8, 4) is 11.5 Å². The summed E-state index contributed by atoms with van der Waals surface area (Å²) in [6, 6.07) is 4.32. The number of thioether (sulfide) groups is 1. The van der Waals surface area contributed by atoms with Gasteiger partial charge in [-0.1, -0.05) is 6.07 Å². The molecule has 0 aliphatic carbocycles. The summed E-state index contributed by atoms with van der Waals surface area (Å²) in [7, 11) is 0. The topological polar surface area (TPSA) is 82.1 Å². The predicted molar refractivity (Wildman–Crippen MR) is 91.3 cm³/mol. The molecule has 2 aliphatic heterocycles. The van der Waals surface area contributed by atoms with E-state index in [-0.39, 0.29) is 11.5 Å². The SMILES string of the molecule is CCOC(=O)C(C)N1C(=O)SC(=Cc2ccc3c(c2)OCCO3)C1=O. The van der Waals surface area contributed by atoms with Gasteiger partial charge in [-0.2, -0.15) is 0 Å². The summed E-state index contributed by atoms with van der Waals surface area (Å²) >= 11 is 0.797. The highest BCUT2D eigenvalue weighted by Crippen LogP contribution is 2.36. The second kappa shape index (κ2) is 7.18. The Hall–Kier alpha value is -2.48. The Morgan fingerprint density at radius 2 is 2.04 bits per heavy atom. The molecule has 1 fully saturated rings. The van der Waals surface area contributed by atoms with Gasteiger partial charge in [0.2, 0.25) is 0 Å². The van der Waals surface area contributed by atoms with Crippen LogP contribution in [0.15, 0.2) is 23.1 Å². The monoisotopic (exact) mass is 363 g/mol. The molecule has 0 spiro atoms. The van der Waals surface area contributed by atoms with Gasteiger partial charge in [-0.25, -0.2) is 4.79 Å². The fraction of sp³-hybridized carbons (Fsp3) is 0.353. The molecule has 0 aromatic heterocycles. The van der Waals surface area contributed by atoms with Crippen molar-refractivity contribution >= 4 is 35.0 Å². The van der Waals surface area contributed by atoms with Crippen LogP contribution in [0.3, 0.4) is 0 Å². The van der Waals surface area contributed by atoms with E-state index in [1.165, 1.54) is 6.92 Å². The van der Waals surface area contributed by atoms with E-state index in [0.717, 1.165) is 16.7 Å². The van der Waals surface area contributed by atoms with Crippen molar-refractivity contribution in [1.29, 1.82) is 0 Å². The van der Waals surface area contributed by atoms with Gasteiger partial charge in [-0.3, -0.25) is 14.5 Å². The number of hydrogen-bond acceptors (Lipinski definition) is 7. The fourth-order valence-electron chi connectivity index (χ4n) is 2.48. The lowest BCUT2D eigenvalue weighted by Crippen LogP contribution is -2.42. The third kappa shape index (κ3) is 3.48. The molecule has 1 aromatic rings. The predicted octanol–water partition coefficient (Wildman–Crippen LogP) is 2.45. The molecule has 1 saturated heterocycles. The number of esters is 1. The van der Waals surface area contributed by atoms with Gasteiger partial charge < -0.3 is 14.2 Å². The minimum Gasteiger partial charge on any atom is -0.486 e. The van der Waals surface area contributed by atoms with Crippen molar-refractivity contribution in [2.75, 3.05) is 19.8 Å². The highest BCUT2D eigenvalue weighted by atomic mass is 32.2. The summed E-state index contributed by atoms with van der Waals surface area (Å²) in [4.78, 5) is 37.6. The van der Waals surface area contributed by atoms with Crippen LogP contribution < -0.4 is 9.47 Å². The molecule has 2 aliphatic rings. The number of ether oxygens (including phenoxy) is 3. The number of imide groups is 1. The molecule has 1 unspecified atom stereocenters. The number of carbonyl (C=O) groups is 3. The third-order valence-corrected chi connectivity index (χ3v) is 4.59. The van der Waals surface area contributed by atoms with Crippen LogP contribution in [-0.2, 0) is 14.3 Å². The van der Waals surface area contributed by atoms with Crippen molar-refractivity contribution in [3.63, 3.8) is 0 Å². The molecule has 2 heterocycles. The molecular formula is C17H17NO6S. The van der Waals surface area contributed by atoms with Crippen LogP contribution in [0, 0.1) is 0 Å². The summed E-state index contributed by atoms with van der Waals surface area (Å²) in [5, 5.41) is -0.491. The highest BCUT2D eigenvalue weighted by molar-refractivity contribution is 8.18. The molecule has 8 heteroatoms. The van der Waals surface area contributed by atoms with Crippen molar-refractivity contribution < 1.29 is 28.6 Å². The average Bonchev–Trinajstić information content (AvgIpc) is 2.88. The van der Waals surface area contributed by atoms with E-state index in [0.29, 0.717) is 30.3 Å². The molecule has 7 nitrogen and oxygen atoms in total. The molecule has 3 rings (SSSR count). The Morgan fingerprint density at radius 3 is 2.76 bits per heavy atom. The summed E-state index contributed by atoms with van der Waals surface area (Å²) in [5.74, 6) is 0.127. The van der Waals surface area contributed by atoms with Crippen LogP contribution >= 0.6 is 11.8 Å². The van der Waals surface area contributed by atoms with Gasteiger partial charge in [0.05, 0.1) is 11.5 Å². The van der Waals surface area contributed by atoms with E-state index < -0.39 is 23.2 Å². The fourth-order valence-corrected chi connectivity index (χ4v) is 3.39. The number of hydrogen-bond donors (Lipinski definition) is 0. The van der Waals surface area contributed by atoms with Gasteiger partial charge in [0.1, 0.15) is 19.3 Å². The summed E-state index contributed by atoms with van der Waals surface area (Å²) in [6.07, 6.45) is 1.60. The molecule has 0 saturated carbocycles. The largest absolute Gasteiger partial charge is 0.486 e. The lowest BCUT2D eigenvalue weighted by molar-refractivity contribution is -0.150. The van der Waals surface area contributed by atoms with E-state index >= 15 is 0 Å². The third-order valence-electron chi connectivity index (χ3n) is 3.70. The average molecular weight is 363 g/mol. The molecule has 2 amide bonds. The van der Waals surface area contributed by atoms with Crippen LogP contribution in [0.25, 0.3) is 6.08 Å². The molecule has 0 N–H and O–H groups in total. The molecule has 1 atom stereocenters. The maximum atomic E-state index is 12.5. The smallest absolute Gasteiger partial charge is 0.329 e. The number of fused-ring (bicyclic) bond motifs is 1. The van der Waals surface area contributed by atoms with E-state index in [1.807, 2.05) is 0 Å². The highest BCUT2D eigenvalue weighted by Gasteiger charge is 2.41. The van der Waals surface area contributed by atoms with Crippen molar-refractivity contribution in [2.45, 2.75) is 19.9 Å². The van der Waals surface area contributed by atoms with E-state index in [9.17, 15) is 14.4 Å². The minimum absolute atomic E-state index is 0.187. The number of nitrogens with zero attached hydrogens (tertiary/aromatic N) is 1. The first-order chi connectivity index (χ1) is 12.0. The quantitative estimate of drug-likeness (QED) is 0.600. The number of rotatable bonds is 4. The molecular weight excluding hydrogens is 346 g/mol. The standard InChI is InChI=1S/C17H17NO6S/c1-3-22-16(20)10(2)18-15(19)14(25-17(18)21)9-11-4-5-12-13(8-11)24-7-6-23-12/h4-5,8-10H,3,6-7H2,1-2H3. The summed E-state index contributed by atoms with van der Waals surface area (Å²) in [6.45, 7) is 4.29. The van der Waals surface area contributed by atoms with Gasteiger partial charge in [-0.15, -0.1) is 0 Å². The Labute approximate surface area is 148 Å². The summed E-state index contributed by atoms with van der Waals surface area (Å²) in [5.41, 5.74) is 0.707. The normalized spacial score (nSPS) is 19.3. The van der Waals surface area contributed by atoms with Gasteiger partial charge >= 0.3 is 5.97 Å². The number of amides is 2. The maximum Gasteiger partial charge on any atom is 0.329 e. The van der Waals surface area contributed by atoms with Crippen LogP contribution in [0.2, 0.25) is 0 Å². The van der Waals surface area contributed by atoms with Crippen LogP contribution in [0.1, 0.15) is 19.4 Å². The first-order valence-corrected chi connectivity index (χ1v) is 8.66. The van der Waals surface area contributed by atoms with Crippen molar-refractivity contribution in [2.24, 2.45) is 0 Å². The molecule has 0 bridgehead atoms. The van der Waals surface area contributed by atoms with Crippen molar-refractivity contribution in [3.05, 3.63) is 28.7 Å². The molecule has 25 heavy (non-hydrogen) atoms. The second-order valence-corrected chi connectivity index (χ2v) is 6.38. The zero-order valence-electron chi connectivity index (χ0n) is 13.8. The maximum absolute atomic E-state index is 12.5. The zero-order chi connectivity index (χ0) is 18.0. The van der Waals surface area contributed by atoms with Crippen LogP contribution in [0.5, 0.6) is 11.5 Å². The Morgan fingerprint density at radius 1 is 1.32 bits per heavy atom. The van der Waals surface area contributed by atoms with Crippen LogP contribution in [-0.4, -0.2) is 47.9 Å². The molecule has 1 aromatic carbocycles. The van der Waals surface area contributed by atoms with E-state index in [2.05, 4.69) is 0 Å². The molecule has 0 radical (unpaired) electrons. The first-order valence-electron chi connectivity index (χ1n) is 7.84. The lowest BCUT2D eigenvalue weighted by atomic mass is 10.1. The first kappa shape index (κ1) is 17.3. The lowest BCUT2D eigenvalue weighted by Gasteiger charge is -2.19. The van der Waals surface area contributed by atoms with E-state index in [1.54, 1.807) is 31.2 Å². The van der Waals surface area contributed by atoms with Gasteiger partial charge in [0, 0.05) is 0 Å². The van der Waals surface area contributed by atoms with Gasteiger partial charge in [0.15, 0.2) is 11.5 Å². The number of benzene rings is 1. The Kier molecular flexibility index (Phi) is 4.98. The van der Waals surface area contributed by atoms with Gasteiger partial charge in [-0.05, 0) is 49.4 Å². The Balaban J connectivity index is 1.82. The van der Waals surface area contributed by atoms with E-state index in [4.69, 9.17) is 14.2 Å².